The van der Waals surface area contributed by atoms with Gasteiger partial charge in [0, 0.05) is 5.92 Å². The Kier molecular flexibility index (Phi) is 3.58. The second-order valence-corrected chi connectivity index (χ2v) is 3.12. The molecule has 0 aromatic carbocycles. The van der Waals surface area contributed by atoms with Gasteiger partial charge in [-0.1, -0.05) is 13.8 Å². The fraction of sp³-hybridized carbons (Fsp3) is 0.875. The van der Waals surface area contributed by atoms with Crippen LogP contribution in [0.3, 0.4) is 0 Å². The molecule has 0 aliphatic rings. The summed E-state index contributed by atoms with van der Waals surface area (Å²) in [7, 11) is 0. The molecule has 2 atom stereocenters. The lowest BCUT2D eigenvalue weighted by atomic mass is 9.88. The minimum Gasteiger partial charge on any atom is -0.393 e. The Balaban J connectivity index is 4.12. The van der Waals surface area contributed by atoms with Crippen molar-refractivity contribution in [3.8, 4) is 0 Å². The molecule has 0 spiro atoms. The average Bonchev–Trinajstić information content (AvgIpc) is 1.59. The van der Waals surface area contributed by atoms with Crippen LogP contribution < -0.4 is 0 Å². The third-order valence-corrected chi connectivity index (χ3v) is 1.71. The SMILES string of the molecule is CC(=O)C(C(C)C)C(C)O. The van der Waals surface area contributed by atoms with Gasteiger partial charge in [0.1, 0.15) is 5.78 Å². The number of hydrogen-bond acceptors (Lipinski definition) is 2. The molecule has 0 saturated carbocycles. The standard InChI is InChI=1S/C8H16O2/c1-5(2)8(6(3)9)7(4)10/h5-6,8-9H,1-4H3. The number of carbonyl (C=O) groups is 1. The van der Waals surface area contributed by atoms with Crippen LogP contribution in [0.2, 0.25) is 0 Å². The van der Waals surface area contributed by atoms with Gasteiger partial charge in [0.2, 0.25) is 0 Å². The molecule has 0 bridgehead atoms. The number of aliphatic hydroxyl groups is 1. The lowest BCUT2D eigenvalue weighted by Gasteiger charge is -2.20. The van der Waals surface area contributed by atoms with E-state index in [1.54, 1.807) is 6.92 Å². The summed E-state index contributed by atoms with van der Waals surface area (Å²) in [6, 6.07) is 0. The summed E-state index contributed by atoms with van der Waals surface area (Å²) < 4.78 is 0. The Hall–Kier alpha value is -0.370. The van der Waals surface area contributed by atoms with Gasteiger partial charge in [0.05, 0.1) is 6.10 Å². The highest BCUT2D eigenvalue weighted by Gasteiger charge is 2.22. The molecule has 0 aromatic heterocycles. The van der Waals surface area contributed by atoms with Gasteiger partial charge in [0.15, 0.2) is 0 Å². The predicted molar refractivity (Wildman–Crippen MR) is 40.7 cm³/mol. The maximum absolute atomic E-state index is 10.9. The van der Waals surface area contributed by atoms with Crippen LogP contribution in [0, 0.1) is 11.8 Å². The van der Waals surface area contributed by atoms with E-state index in [4.69, 9.17) is 5.11 Å². The average molecular weight is 144 g/mol. The van der Waals surface area contributed by atoms with Crippen molar-refractivity contribution in [1.29, 1.82) is 0 Å². The minimum atomic E-state index is -0.516. The Morgan fingerprint density at radius 2 is 1.70 bits per heavy atom. The van der Waals surface area contributed by atoms with Crippen molar-refractivity contribution < 1.29 is 9.90 Å². The quantitative estimate of drug-likeness (QED) is 0.646. The Labute approximate surface area is 62.2 Å². The summed E-state index contributed by atoms with van der Waals surface area (Å²) in [6.07, 6.45) is -0.516. The molecule has 0 saturated heterocycles. The van der Waals surface area contributed by atoms with Gasteiger partial charge in [0.25, 0.3) is 0 Å². The first kappa shape index (κ1) is 9.63. The van der Waals surface area contributed by atoms with E-state index in [2.05, 4.69) is 0 Å². The molecule has 2 nitrogen and oxygen atoms in total. The fourth-order valence-electron chi connectivity index (χ4n) is 1.37. The first-order chi connectivity index (χ1) is 4.46. The predicted octanol–water partition coefficient (Wildman–Crippen LogP) is 1.23. The summed E-state index contributed by atoms with van der Waals surface area (Å²) in [5.41, 5.74) is 0. The first-order valence-corrected chi connectivity index (χ1v) is 3.65. The number of aliphatic hydroxyl groups excluding tert-OH is 1. The Morgan fingerprint density at radius 3 is 1.70 bits per heavy atom. The molecule has 0 radical (unpaired) electrons. The third kappa shape index (κ3) is 2.48. The molecular formula is C8H16O2. The molecule has 0 amide bonds. The summed E-state index contributed by atoms with van der Waals surface area (Å²) in [6.45, 7) is 7.07. The van der Waals surface area contributed by atoms with E-state index in [1.165, 1.54) is 6.92 Å². The van der Waals surface area contributed by atoms with Gasteiger partial charge in [-0.2, -0.15) is 0 Å². The van der Waals surface area contributed by atoms with Crippen molar-refractivity contribution in [2.24, 2.45) is 11.8 Å². The first-order valence-electron chi connectivity index (χ1n) is 3.65. The van der Waals surface area contributed by atoms with Crippen LogP contribution in [0.15, 0.2) is 0 Å². The van der Waals surface area contributed by atoms with Crippen LogP contribution in [0.1, 0.15) is 27.7 Å². The van der Waals surface area contributed by atoms with E-state index >= 15 is 0 Å². The molecule has 0 aromatic rings. The molecular weight excluding hydrogens is 128 g/mol. The molecule has 0 aliphatic carbocycles. The van der Waals surface area contributed by atoms with Gasteiger partial charge >= 0.3 is 0 Å². The summed E-state index contributed by atoms with van der Waals surface area (Å²) >= 11 is 0. The fourth-order valence-corrected chi connectivity index (χ4v) is 1.37. The highest BCUT2D eigenvalue weighted by molar-refractivity contribution is 5.79. The molecule has 1 N–H and O–H groups in total. The summed E-state index contributed by atoms with van der Waals surface area (Å²) in [5, 5.41) is 9.13. The zero-order chi connectivity index (χ0) is 8.31. The van der Waals surface area contributed by atoms with Crippen molar-refractivity contribution >= 4 is 5.78 Å². The van der Waals surface area contributed by atoms with E-state index in [-0.39, 0.29) is 17.6 Å². The maximum Gasteiger partial charge on any atom is 0.135 e. The lowest BCUT2D eigenvalue weighted by Crippen LogP contribution is -2.28. The lowest BCUT2D eigenvalue weighted by molar-refractivity contribution is -0.125. The van der Waals surface area contributed by atoms with E-state index in [0.29, 0.717) is 0 Å². The van der Waals surface area contributed by atoms with E-state index in [1.807, 2.05) is 13.8 Å². The summed E-state index contributed by atoms with van der Waals surface area (Å²) in [4.78, 5) is 10.9. The molecule has 0 heterocycles. The van der Waals surface area contributed by atoms with Crippen LogP contribution in [0.25, 0.3) is 0 Å². The molecule has 0 aliphatic heterocycles. The number of ketones is 1. The van der Waals surface area contributed by atoms with Crippen LogP contribution in [0.5, 0.6) is 0 Å². The Bertz CT molecular complexity index is 108. The highest BCUT2D eigenvalue weighted by Crippen LogP contribution is 2.15. The van der Waals surface area contributed by atoms with Crippen molar-refractivity contribution in [3.05, 3.63) is 0 Å². The molecule has 0 fully saturated rings. The number of Topliss-reactive ketones (excluding diaryl/α,β-unsaturated/α-hetero) is 1. The summed E-state index contributed by atoms with van der Waals surface area (Å²) in [5.74, 6) is 0.113. The third-order valence-electron chi connectivity index (χ3n) is 1.71. The topological polar surface area (TPSA) is 37.3 Å². The Morgan fingerprint density at radius 1 is 1.30 bits per heavy atom. The van der Waals surface area contributed by atoms with Crippen molar-refractivity contribution in [2.75, 3.05) is 0 Å². The van der Waals surface area contributed by atoms with Crippen molar-refractivity contribution in [2.45, 2.75) is 33.8 Å². The van der Waals surface area contributed by atoms with E-state index in [9.17, 15) is 4.79 Å². The second-order valence-electron chi connectivity index (χ2n) is 3.12. The molecule has 10 heavy (non-hydrogen) atoms. The van der Waals surface area contributed by atoms with E-state index in [0.717, 1.165) is 0 Å². The number of rotatable bonds is 3. The van der Waals surface area contributed by atoms with Gasteiger partial charge in [-0.15, -0.1) is 0 Å². The number of hydrogen-bond donors (Lipinski definition) is 1. The molecule has 2 heteroatoms. The zero-order valence-corrected chi connectivity index (χ0v) is 7.09. The maximum atomic E-state index is 10.9. The smallest absolute Gasteiger partial charge is 0.135 e. The van der Waals surface area contributed by atoms with Crippen molar-refractivity contribution in [1.82, 2.24) is 0 Å². The van der Waals surface area contributed by atoms with Crippen LogP contribution >= 0.6 is 0 Å². The monoisotopic (exact) mass is 144 g/mol. The minimum absolute atomic E-state index is 0.0741. The van der Waals surface area contributed by atoms with Gasteiger partial charge < -0.3 is 5.11 Å². The molecule has 0 rings (SSSR count). The van der Waals surface area contributed by atoms with Crippen LogP contribution in [0.4, 0.5) is 0 Å². The normalized spacial score (nSPS) is 17.0. The highest BCUT2D eigenvalue weighted by atomic mass is 16.3. The molecule has 2 unspecified atom stereocenters. The van der Waals surface area contributed by atoms with Crippen LogP contribution in [-0.2, 0) is 4.79 Å². The van der Waals surface area contributed by atoms with Gasteiger partial charge in [-0.25, -0.2) is 0 Å². The van der Waals surface area contributed by atoms with Crippen LogP contribution in [-0.4, -0.2) is 17.0 Å². The van der Waals surface area contributed by atoms with Gasteiger partial charge in [-0.05, 0) is 19.8 Å². The largest absolute Gasteiger partial charge is 0.393 e. The van der Waals surface area contributed by atoms with Gasteiger partial charge in [-0.3, -0.25) is 4.79 Å². The second kappa shape index (κ2) is 3.71. The van der Waals surface area contributed by atoms with E-state index < -0.39 is 6.10 Å². The zero-order valence-electron chi connectivity index (χ0n) is 7.09. The molecule has 60 valence electrons. The number of carbonyl (C=O) groups excluding carboxylic acids is 1. The van der Waals surface area contributed by atoms with Crippen molar-refractivity contribution in [3.63, 3.8) is 0 Å².